The number of carbonyl (C=O) groups is 2. The zero-order chi connectivity index (χ0) is 34.7. The summed E-state index contributed by atoms with van der Waals surface area (Å²) >= 11 is 3.46. The van der Waals surface area contributed by atoms with Gasteiger partial charge in [0.25, 0.3) is 0 Å². The average Bonchev–Trinajstić information content (AvgIpc) is 3.09. The SMILES string of the molecule is CCCCCCCCCCCCCCCCCCOc1cc(OCCCOc2cccc(Br)c2)cc(N(CC(=O)OC)CC(=O)OC)c1. The van der Waals surface area contributed by atoms with E-state index in [9.17, 15) is 9.59 Å². The number of hydrogen-bond donors (Lipinski definition) is 0. The topological polar surface area (TPSA) is 83.5 Å². The molecule has 2 aromatic rings. The number of esters is 2. The van der Waals surface area contributed by atoms with Gasteiger partial charge in [0.1, 0.15) is 30.3 Å². The molecule has 48 heavy (non-hydrogen) atoms. The van der Waals surface area contributed by atoms with E-state index in [1.807, 2.05) is 36.4 Å². The molecule has 0 aromatic heterocycles. The first-order valence-electron chi connectivity index (χ1n) is 18.1. The molecule has 0 aliphatic heterocycles. The maximum Gasteiger partial charge on any atom is 0.325 e. The molecule has 0 aliphatic rings. The van der Waals surface area contributed by atoms with Gasteiger partial charge in [0.05, 0.1) is 34.0 Å². The molecule has 0 unspecified atom stereocenters. The van der Waals surface area contributed by atoms with Gasteiger partial charge in [0.15, 0.2) is 0 Å². The van der Waals surface area contributed by atoms with E-state index in [-0.39, 0.29) is 13.1 Å². The van der Waals surface area contributed by atoms with Gasteiger partial charge in [-0.1, -0.05) is 125 Å². The summed E-state index contributed by atoms with van der Waals surface area (Å²) in [5.74, 6) is 1.05. The van der Waals surface area contributed by atoms with Crippen LogP contribution in [0.5, 0.6) is 17.2 Å². The molecule has 270 valence electrons. The largest absolute Gasteiger partial charge is 0.493 e. The molecule has 0 spiro atoms. The normalized spacial score (nSPS) is 10.8. The Morgan fingerprint density at radius 2 is 1.00 bits per heavy atom. The molecule has 2 rings (SSSR count). The minimum atomic E-state index is -0.467. The molecule has 0 radical (unpaired) electrons. The van der Waals surface area contributed by atoms with E-state index in [1.54, 1.807) is 11.0 Å². The zero-order valence-corrected chi connectivity index (χ0v) is 31.4. The van der Waals surface area contributed by atoms with Gasteiger partial charge in [-0.05, 0) is 24.6 Å². The van der Waals surface area contributed by atoms with Crippen LogP contribution >= 0.6 is 15.9 Å². The van der Waals surface area contributed by atoms with Crippen LogP contribution in [0.1, 0.15) is 116 Å². The molecule has 9 heteroatoms. The molecule has 0 saturated carbocycles. The molecule has 0 saturated heterocycles. The van der Waals surface area contributed by atoms with Gasteiger partial charge in [0, 0.05) is 34.8 Å². The summed E-state index contributed by atoms with van der Waals surface area (Å²) in [6.45, 7) is 3.54. The number of methoxy groups -OCH3 is 2. The third-order valence-corrected chi connectivity index (χ3v) is 8.71. The molecule has 0 heterocycles. The number of carbonyl (C=O) groups excluding carboxylic acids is 2. The summed E-state index contributed by atoms with van der Waals surface area (Å²) in [6, 6.07) is 13.2. The van der Waals surface area contributed by atoms with E-state index in [2.05, 4.69) is 22.9 Å². The monoisotopic (exact) mass is 733 g/mol. The lowest BCUT2D eigenvalue weighted by molar-refractivity contribution is -0.140. The standard InChI is InChI=1S/C39H60BrNO7/c1-4-5-6-7-8-9-10-11-12-13-14-15-16-17-18-19-24-47-36-28-34(41(31-38(42)44-2)32-39(43)45-3)29-37(30-36)48-26-21-25-46-35-23-20-22-33(40)27-35/h20,22-23,27-30H,4-19,21,24-26,31-32H2,1-3H3. The van der Waals surface area contributed by atoms with Crippen molar-refractivity contribution < 1.29 is 33.3 Å². The molecule has 0 bridgehead atoms. The number of nitrogens with zero attached hydrogens (tertiary/aromatic N) is 1. The van der Waals surface area contributed by atoms with Crippen LogP contribution in [0, 0.1) is 0 Å². The molecule has 8 nitrogen and oxygen atoms in total. The van der Waals surface area contributed by atoms with Crippen molar-refractivity contribution in [3.63, 3.8) is 0 Å². The Morgan fingerprint density at radius 1 is 0.562 bits per heavy atom. The number of anilines is 1. The summed E-state index contributed by atoms with van der Waals surface area (Å²) in [5.41, 5.74) is 0.607. The highest BCUT2D eigenvalue weighted by atomic mass is 79.9. The van der Waals surface area contributed by atoms with Gasteiger partial charge >= 0.3 is 11.9 Å². The maximum absolute atomic E-state index is 12.2. The number of rotatable bonds is 29. The van der Waals surface area contributed by atoms with Gasteiger partial charge in [0.2, 0.25) is 0 Å². The van der Waals surface area contributed by atoms with Crippen LogP contribution in [-0.2, 0) is 19.1 Å². The number of halogens is 1. The molecule has 0 fully saturated rings. The second kappa shape index (κ2) is 26.9. The molecule has 0 atom stereocenters. The van der Waals surface area contributed by atoms with Crippen molar-refractivity contribution in [3.8, 4) is 17.2 Å². The molecule has 0 amide bonds. The van der Waals surface area contributed by atoms with E-state index in [4.69, 9.17) is 23.7 Å². The van der Waals surface area contributed by atoms with Gasteiger partial charge < -0.3 is 28.6 Å². The quantitative estimate of drug-likeness (QED) is 0.0604. The highest BCUT2D eigenvalue weighted by Crippen LogP contribution is 2.30. The Labute approximate surface area is 298 Å². The van der Waals surface area contributed by atoms with E-state index < -0.39 is 11.9 Å². The first-order valence-corrected chi connectivity index (χ1v) is 18.9. The van der Waals surface area contributed by atoms with Crippen LogP contribution in [0.4, 0.5) is 5.69 Å². The molecule has 2 aromatic carbocycles. The fourth-order valence-electron chi connectivity index (χ4n) is 5.42. The lowest BCUT2D eigenvalue weighted by atomic mass is 10.0. The van der Waals surface area contributed by atoms with Gasteiger partial charge in [-0.25, -0.2) is 0 Å². The first kappa shape index (κ1) is 41.2. The molecule has 0 aliphatic carbocycles. The Balaban J connectivity index is 1.78. The van der Waals surface area contributed by atoms with Crippen molar-refractivity contribution >= 4 is 33.6 Å². The van der Waals surface area contributed by atoms with E-state index in [0.717, 1.165) is 23.1 Å². The lowest BCUT2D eigenvalue weighted by Crippen LogP contribution is -2.35. The van der Waals surface area contributed by atoms with Crippen molar-refractivity contribution in [2.45, 2.75) is 116 Å². The zero-order valence-electron chi connectivity index (χ0n) is 29.8. The molecular weight excluding hydrogens is 674 g/mol. The van der Waals surface area contributed by atoms with Crippen molar-refractivity contribution in [2.75, 3.05) is 52.0 Å². The average molecular weight is 735 g/mol. The smallest absolute Gasteiger partial charge is 0.325 e. The van der Waals surface area contributed by atoms with Crippen LogP contribution in [0.2, 0.25) is 0 Å². The number of unbranched alkanes of at least 4 members (excludes halogenated alkanes) is 15. The summed E-state index contributed by atoms with van der Waals surface area (Å²) < 4.78 is 28.7. The highest BCUT2D eigenvalue weighted by Gasteiger charge is 2.18. The van der Waals surface area contributed by atoms with E-state index >= 15 is 0 Å². The fraction of sp³-hybridized carbons (Fsp3) is 0.641. The first-order chi connectivity index (χ1) is 23.4. The van der Waals surface area contributed by atoms with Crippen molar-refractivity contribution in [1.29, 1.82) is 0 Å². The third kappa shape index (κ3) is 19.8. The van der Waals surface area contributed by atoms with Gasteiger partial charge in [-0.2, -0.15) is 0 Å². The van der Waals surface area contributed by atoms with Crippen LogP contribution in [-0.4, -0.2) is 59.1 Å². The second-order valence-corrected chi connectivity index (χ2v) is 13.2. The summed E-state index contributed by atoms with van der Waals surface area (Å²) in [7, 11) is 2.64. The van der Waals surface area contributed by atoms with E-state index in [0.29, 0.717) is 43.4 Å². The lowest BCUT2D eigenvalue weighted by Gasteiger charge is -2.23. The summed E-state index contributed by atoms with van der Waals surface area (Å²) in [5, 5.41) is 0. The van der Waals surface area contributed by atoms with Crippen molar-refractivity contribution in [2.24, 2.45) is 0 Å². The number of hydrogen-bond acceptors (Lipinski definition) is 8. The Bertz CT molecular complexity index is 1130. The van der Waals surface area contributed by atoms with Crippen LogP contribution in [0.25, 0.3) is 0 Å². The second-order valence-electron chi connectivity index (χ2n) is 12.3. The van der Waals surface area contributed by atoms with Gasteiger partial charge in [-0.15, -0.1) is 0 Å². The minimum Gasteiger partial charge on any atom is -0.493 e. The van der Waals surface area contributed by atoms with Crippen molar-refractivity contribution in [1.82, 2.24) is 0 Å². The van der Waals surface area contributed by atoms with E-state index in [1.165, 1.54) is 104 Å². The third-order valence-electron chi connectivity index (χ3n) is 8.21. The van der Waals surface area contributed by atoms with Crippen molar-refractivity contribution in [3.05, 3.63) is 46.9 Å². The predicted molar refractivity (Wildman–Crippen MR) is 197 cm³/mol. The minimum absolute atomic E-state index is 0.117. The maximum atomic E-state index is 12.2. The van der Waals surface area contributed by atoms with Crippen LogP contribution in [0.15, 0.2) is 46.9 Å². The number of benzene rings is 2. The van der Waals surface area contributed by atoms with Gasteiger partial charge in [-0.3, -0.25) is 9.59 Å². The Morgan fingerprint density at radius 3 is 1.46 bits per heavy atom. The molecular formula is C39H60BrNO7. The van der Waals surface area contributed by atoms with Crippen LogP contribution in [0.3, 0.4) is 0 Å². The predicted octanol–water partition coefficient (Wildman–Crippen LogP) is 10.1. The Kier molecular flexibility index (Phi) is 23.1. The number of ether oxygens (including phenoxy) is 5. The summed E-state index contributed by atoms with van der Waals surface area (Å²) in [4.78, 5) is 25.9. The Hall–Kier alpha value is -2.94. The summed E-state index contributed by atoms with van der Waals surface area (Å²) in [6.07, 6.45) is 21.8. The highest BCUT2D eigenvalue weighted by molar-refractivity contribution is 9.10. The molecule has 0 N–H and O–H groups in total. The van der Waals surface area contributed by atoms with Crippen LogP contribution < -0.4 is 19.1 Å². The fourth-order valence-corrected chi connectivity index (χ4v) is 5.80.